The van der Waals surface area contributed by atoms with Gasteiger partial charge in [-0.05, 0) is 43.7 Å². The quantitative estimate of drug-likeness (QED) is 0.482. The second-order valence-corrected chi connectivity index (χ2v) is 5.63. The fraction of sp³-hybridized carbons (Fsp3) is 0.111. The zero-order chi connectivity index (χ0) is 18.8. The molecule has 2 aromatic carbocycles. The van der Waals surface area contributed by atoms with Gasteiger partial charge in [0.2, 0.25) is 0 Å². The Morgan fingerprint density at radius 2 is 1.81 bits per heavy atom. The van der Waals surface area contributed by atoms with Crippen molar-refractivity contribution in [3.05, 3.63) is 65.1 Å². The fourth-order valence-electron chi connectivity index (χ4n) is 2.72. The molecule has 0 bridgehead atoms. The van der Waals surface area contributed by atoms with Crippen LogP contribution in [0.25, 0.3) is 11.1 Å². The molecular weight excluding hydrogens is 344 g/mol. The van der Waals surface area contributed by atoms with E-state index in [4.69, 9.17) is 9.73 Å². The first kappa shape index (κ1) is 17.6. The van der Waals surface area contributed by atoms with Crippen LogP contribution >= 0.6 is 0 Å². The Balaban J connectivity index is 2.02. The summed E-state index contributed by atoms with van der Waals surface area (Å²) < 4.78 is 34.2. The highest BCUT2D eigenvalue weighted by Gasteiger charge is 2.19. The summed E-state index contributed by atoms with van der Waals surface area (Å²) in [5.74, 6) is -2.05. The average molecular weight is 359 g/mol. The van der Waals surface area contributed by atoms with E-state index in [1.165, 1.54) is 17.6 Å². The number of halogens is 2. The van der Waals surface area contributed by atoms with Crippen LogP contribution in [-0.4, -0.2) is 16.3 Å². The number of hydroxylamine groups is 1. The molecule has 0 unspecified atom stereocenters. The predicted octanol–water partition coefficient (Wildman–Crippen LogP) is 4.10. The van der Waals surface area contributed by atoms with E-state index in [0.29, 0.717) is 22.6 Å². The van der Waals surface area contributed by atoms with Gasteiger partial charge >= 0.3 is 0 Å². The van der Waals surface area contributed by atoms with Crippen LogP contribution in [0.15, 0.2) is 40.9 Å². The first-order valence-electron chi connectivity index (χ1n) is 7.65. The Hall–Kier alpha value is -3.26. The Kier molecular flexibility index (Phi) is 4.68. The number of rotatable bonds is 4. The monoisotopic (exact) mass is 359 g/mol. The molecule has 0 radical (unpaired) electrons. The number of benzene rings is 2. The van der Waals surface area contributed by atoms with Gasteiger partial charge in [0.15, 0.2) is 0 Å². The number of nitrogens with zero attached hydrogens (tertiary/aromatic N) is 1. The first-order chi connectivity index (χ1) is 12.4. The van der Waals surface area contributed by atoms with Crippen LogP contribution in [-0.2, 0) is 0 Å². The minimum absolute atomic E-state index is 0.0311. The zero-order valence-corrected chi connectivity index (χ0v) is 13.9. The number of aromatic nitrogens is 1. The van der Waals surface area contributed by atoms with Crippen molar-refractivity contribution in [2.24, 2.45) is 0 Å². The number of carbonyl (C=O) groups excluding carboxylic acids is 1. The molecule has 0 saturated carbocycles. The van der Waals surface area contributed by atoms with E-state index in [-0.39, 0.29) is 11.3 Å². The lowest BCUT2D eigenvalue weighted by Crippen LogP contribution is -2.20. The first-order valence-corrected chi connectivity index (χ1v) is 7.65. The van der Waals surface area contributed by atoms with E-state index < -0.39 is 23.2 Å². The molecule has 6 nitrogen and oxygen atoms in total. The largest absolute Gasteiger partial charge is 0.361 e. The van der Waals surface area contributed by atoms with Gasteiger partial charge in [0.1, 0.15) is 23.1 Å². The molecule has 1 heterocycles. The summed E-state index contributed by atoms with van der Waals surface area (Å²) in [7, 11) is 0. The molecule has 3 rings (SSSR count). The van der Waals surface area contributed by atoms with Crippen molar-refractivity contribution in [3.63, 3.8) is 0 Å². The fourth-order valence-corrected chi connectivity index (χ4v) is 2.72. The molecule has 8 heteroatoms. The van der Waals surface area contributed by atoms with Gasteiger partial charge in [0.25, 0.3) is 5.91 Å². The highest BCUT2D eigenvalue weighted by molar-refractivity contribution is 5.99. The molecule has 0 aliphatic rings. The molecule has 3 aromatic rings. The Morgan fingerprint density at radius 3 is 2.38 bits per heavy atom. The number of amides is 1. The molecule has 134 valence electrons. The predicted molar refractivity (Wildman–Crippen MR) is 90.3 cm³/mol. The Morgan fingerprint density at radius 1 is 1.15 bits per heavy atom. The molecule has 0 aliphatic heterocycles. The summed E-state index contributed by atoms with van der Waals surface area (Å²) in [5, 5.41) is 15.1. The molecule has 0 fully saturated rings. The van der Waals surface area contributed by atoms with Gasteiger partial charge in [-0.2, -0.15) is 0 Å². The van der Waals surface area contributed by atoms with Crippen LogP contribution in [0.3, 0.4) is 0 Å². The standard InChI is InChI=1S/C18H15F2N3O3/c1-9-16(10(2)26-23-9)11-7-13(19)17(14(20)8-11)21-15-6-4-3-5-12(15)18(24)22-25/h3-8,21,25H,1-2H3,(H,22,24). The normalized spacial score (nSPS) is 10.7. The topological polar surface area (TPSA) is 87.4 Å². The minimum Gasteiger partial charge on any atom is -0.361 e. The number of aryl methyl sites for hydroxylation is 2. The van der Waals surface area contributed by atoms with E-state index in [0.717, 1.165) is 12.1 Å². The number of carbonyl (C=O) groups is 1. The molecule has 0 spiro atoms. The average Bonchev–Trinajstić information content (AvgIpc) is 2.96. The van der Waals surface area contributed by atoms with Gasteiger partial charge in [0.05, 0.1) is 16.9 Å². The summed E-state index contributed by atoms with van der Waals surface area (Å²) in [6, 6.07) is 8.33. The number of para-hydroxylation sites is 1. The minimum atomic E-state index is -0.848. The van der Waals surface area contributed by atoms with Crippen molar-refractivity contribution in [1.29, 1.82) is 0 Å². The van der Waals surface area contributed by atoms with E-state index in [9.17, 15) is 13.6 Å². The second-order valence-electron chi connectivity index (χ2n) is 5.63. The lowest BCUT2D eigenvalue weighted by atomic mass is 10.0. The maximum absolute atomic E-state index is 14.6. The van der Waals surface area contributed by atoms with Crippen LogP contribution in [0.2, 0.25) is 0 Å². The van der Waals surface area contributed by atoms with Gasteiger partial charge in [-0.15, -0.1) is 0 Å². The highest BCUT2D eigenvalue weighted by atomic mass is 19.1. The van der Waals surface area contributed by atoms with Crippen LogP contribution in [0.4, 0.5) is 20.2 Å². The number of anilines is 2. The Labute approximate surface area is 147 Å². The summed E-state index contributed by atoms with van der Waals surface area (Å²) in [4.78, 5) is 11.7. The van der Waals surface area contributed by atoms with Gasteiger partial charge < -0.3 is 9.84 Å². The summed E-state index contributed by atoms with van der Waals surface area (Å²) in [6.45, 7) is 3.33. The molecule has 1 amide bonds. The molecule has 26 heavy (non-hydrogen) atoms. The van der Waals surface area contributed by atoms with Crippen LogP contribution < -0.4 is 10.8 Å². The van der Waals surface area contributed by atoms with Crippen LogP contribution in [0, 0.1) is 25.5 Å². The molecular formula is C18H15F2N3O3. The Bertz CT molecular complexity index is 943. The van der Waals surface area contributed by atoms with Crippen molar-refractivity contribution in [2.75, 3.05) is 5.32 Å². The number of nitrogens with one attached hydrogen (secondary N) is 2. The molecule has 0 atom stereocenters. The van der Waals surface area contributed by atoms with Crippen molar-refractivity contribution in [2.45, 2.75) is 13.8 Å². The van der Waals surface area contributed by atoms with Crippen molar-refractivity contribution < 1.29 is 23.3 Å². The smallest absolute Gasteiger partial charge is 0.276 e. The lowest BCUT2D eigenvalue weighted by molar-refractivity contribution is 0.0707. The third kappa shape index (κ3) is 3.14. The van der Waals surface area contributed by atoms with E-state index in [1.54, 1.807) is 26.0 Å². The maximum Gasteiger partial charge on any atom is 0.276 e. The van der Waals surface area contributed by atoms with Gasteiger partial charge in [-0.1, -0.05) is 17.3 Å². The summed E-state index contributed by atoms with van der Waals surface area (Å²) in [5.41, 5.74) is 2.58. The van der Waals surface area contributed by atoms with Crippen LogP contribution in [0.5, 0.6) is 0 Å². The molecule has 0 saturated heterocycles. The summed E-state index contributed by atoms with van der Waals surface area (Å²) >= 11 is 0. The van der Waals surface area contributed by atoms with E-state index >= 15 is 0 Å². The van der Waals surface area contributed by atoms with Crippen LogP contribution in [0.1, 0.15) is 21.8 Å². The molecule has 3 N–H and O–H groups in total. The lowest BCUT2D eigenvalue weighted by Gasteiger charge is -2.13. The van der Waals surface area contributed by atoms with Gasteiger partial charge in [-0.25, -0.2) is 14.3 Å². The molecule has 0 aliphatic carbocycles. The maximum atomic E-state index is 14.6. The third-order valence-electron chi connectivity index (χ3n) is 3.90. The van der Waals surface area contributed by atoms with Gasteiger partial charge in [0, 0.05) is 5.56 Å². The van der Waals surface area contributed by atoms with Crippen molar-refractivity contribution >= 4 is 17.3 Å². The van der Waals surface area contributed by atoms with E-state index in [2.05, 4.69) is 10.5 Å². The molecule has 1 aromatic heterocycles. The number of hydrogen-bond acceptors (Lipinski definition) is 5. The van der Waals surface area contributed by atoms with Crippen molar-refractivity contribution in [3.8, 4) is 11.1 Å². The highest BCUT2D eigenvalue weighted by Crippen LogP contribution is 2.33. The zero-order valence-electron chi connectivity index (χ0n) is 13.9. The third-order valence-corrected chi connectivity index (χ3v) is 3.90. The second kappa shape index (κ2) is 6.93. The van der Waals surface area contributed by atoms with Gasteiger partial charge in [-0.3, -0.25) is 10.0 Å². The SMILES string of the molecule is Cc1noc(C)c1-c1cc(F)c(Nc2ccccc2C(=O)NO)c(F)c1. The number of hydrogen-bond donors (Lipinski definition) is 3. The van der Waals surface area contributed by atoms with E-state index in [1.807, 2.05) is 0 Å². The summed E-state index contributed by atoms with van der Waals surface area (Å²) in [6.07, 6.45) is 0. The van der Waals surface area contributed by atoms with Crippen molar-refractivity contribution in [1.82, 2.24) is 10.6 Å².